The van der Waals surface area contributed by atoms with Crippen LogP contribution in [0, 0.1) is 6.92 Å². The maximum atomic E-state index is 11.9. The first-order valence-electron chi connectivity index (χ1n) is 6.20. The predicted molar refractivity (Wildman–Crippen MR) is 92.6 cm³/mol. The molecule has 22 heavy (non-hydrogen) atoms. The average molecular weight is 402 g/mol. The van der Waals surface area contributed by atoms with E-state index in [0.717, 1.165) is 5.56 Å². The average Bonchev–Trinajstić information content (AvgIpc) is 2.40. The molecule has 0 saturated heterocycles. The zero-order chi connectivity index (χ0) is 16.3. The smallest absolute Gasteiger partial charge is 0.314 e. The Bertz CT molecular complexity index is 730. The fourth-order valence-corrected chi connectivity index (χ4v) is 2.83. The number of hydrogen-bond acceptors (Lipinski definition) is 2. The second-order valence-electron chi connectivity index (χ2n) is 4.55. The first kappa shape index (κ1) is 16.8. The van der Waals surface area contributed by atoms with Gasteiger partial charge in [-0.2, -0.15) is 0 Å². The molecular weight excluding hydrogens is 391 g/mol. The number of benzene rings is 2. The van der Waals surface area contributed by atoms with Crippen LogP contribution in [-0.4, -0.2) is 11.8 Å². The van der Waals surface area contributed by atoms with E-state index in [9.17, 15) is 9.59 Å². The molecule has 0 atom stereocenters. The maximum absolute atomic E-state index is 11.9. The van der Waals surface area contributed by atoms with E-state index >= 15 is 0 Å². The van der Waals surface area contributed by atoms with Crippen LogP contribution in [-0.2, 0) is 9.59 Å². The van der Waals surface area contributed by atoms with Gasteiger partial charge in [0.15, 0.2) is 0 Å². The molecule has 7 heteroatoms. The van der Waals surface area contributed by atoms with Crippen LogP contribution in [0.5, 0.6) is 0 Å². The minimum Gasteiger partial charge on any atom is -0.318 e. The molecule has 0 fully saturated rings. The third-order valence-electron chi connectivity index (χ3n) is 2.70. The molecule has 0 aliphatic rings. The van der Waals surface area contributed by atoms with Crippen molar-refractivity contribution >= 4 is 62.3 Å². The standard InChI is InChI=1S/C15H11BrCl2N2O2/c1-8-2-3-13(12(16)4-8)20-15(22)14(21)19-11-6-9(17)5-10(18)7-11/h2-7H,1H3,(H,19,21)(H,20,22). The Kier molecular flexibility index (Phi) is 5.45. The molecule has 0 aliphatic carbocycles. The van der Waals surface area contributed by atoms with Gasteiger partial charge < -0.3 is 10.6 Å². The monoisotopic (exact) mass is 400 g/mol. The number of carbonyl (C=O) groups excluding carboxylic acids is 2. The number of halogens is 3. The van der Waals surface area contributed by atoms with Crippen molar-refractivity contribution in [2.24, 2.45) is 0 Å². The van der Waals surface area contributed by atoms with Gasteiger partial charge in [-0.3, -0.25) is 9.59 Å². The second kappa shape index (κ2) is 7.13. The van der Waals surface area contributed by atoms with Crippen molar-refractivity contribution < 1.29 is 9.59 Å². The fraction of sp³-hybridized carbons (Fsp3) is 0.0667. The van der Waals surface area contributed by atoms with Crippen LogP contribution < -0.4 is 10.6 Å². The number of rotatable bonds is 2. The zero-order valence-electron chi connectivity index (χ0n) is 11.4. The van der Waals surface area contributed by atoms with E-state index in [-0.39, 0.29) is 0 Å². The Balaban J connectivity index is 2.07. The molecule has 4 nitrogen and oxygen atoms in total. The lowest BCUT2D eigenvalue weighted by Crippen LogP contribution is -2.29. The Morgan fingerprint density at radius 3 is 2.14 bits per heavy atom. The molecule has 0 radical (unpaired) electrons. The maximum Gasteiger partial charge on any atom is 0.314 e. The van der Waals surface area contributed by atoms with Crippen LogP contribution in [0.25, 0.3) is 0 Å². The van der Waals surface area contributed by atoms with E-state index in [2.05, 4.69) is 26.6 Å². The van der Waals surface area contributed by atoms with E-state index in [4.69, 9.17) is 23.2 Å². The topological polar surface area (TPSA) is 58.2 Å². The molecule has 2 N–H and O–H groups in total. The van der Waals surface area contributed by atoms with Crippen LogP contribution in [0.3, 0.4) is 0 Å². The summed E-state index contributed by atoms with van der Waals surface area (Å²) in [6.07, 6.45) is 0. The highest BCUT2D eigenvalue weighted by Crippen LogP contribution is 2.24. The van der Waals surface area contributed by atoms with Crippen molar-refractivity contribution in [3.05, 3.63) is 56.5 Å². The fourth-order valence-electron chi connectivity index (χ4n) is 1.71. The van der Waals surface area contributed by atoms with Gasteiger partial charge >= 0.3 is 11.8 Å². The van der Waals surface area contributed by atoms with Gasteiger partial charge in [0.1, 0.15) is 0 Å². The Hall–Kier alpha value is -1.56. The van der Waals surface area contributed by atoms with Crippen LogP contribution >= 0.6 is 39.1 Å². The summed E-state index contributed by atoms with van der Waals surface area (Å²) in [5.41, 5.74) is 1.89. The van der Waals surface area contributed by atoms with E-state index in [0.29, 0.717) is 25.9 Å². The predicted octanol–water partition coefficient (Wildman–Crippen LogP) is 4.64. The van der Waals surface area contributed by atoms with Gasteiger partial charge in [-0.1, -0.05) is 29.3 Å². The van der Waals surface area contributed by atoms with Gasteiger partial charge in [0.05, 0.1) is 5.69 Å². The summed E-state index contributed by atoms with van der Waals surface area (Å²) in [6, 6.07) is 9.91. The van der Waals surface area contributed by atoms with Gasteiger partial charge in [-0.05, 0) is 58.7 Å². The molecule has 2 amide bonds. The van der Waals surface area contributed by atoms with Gasteiger partial charge in [-0.25, -0.2) is 0 Å². The van der Waals surface area contributed by atoms with Crippen molar-refractivity contribution in [1.29, 1.82) is 0 Å². The number of carbonyl (C=O) groups is 2. The van der Waals surface area contributed by atoms with Gasteiger partial charge in [0, 0.05) is 20.2 Å². The van der Waals surface area contributed by atoms with Crippen molar-refractivity contribution in [2.75, 3.05) is 10.6 Å². The van der Waals surface area contributed by atoms with E-state index in [1.165, 1.54) is 18.2 Å². The molecule has 0 saturated carbocycles. The molecule has 0 aromatic heterocycles. The lowest BCUT2D eigenvalue weighted by atomic mass is 10.2. The summed E-state index contributed by atoms with van der Waals surface area (Å²) in [6.45, 7) is 1.92. The molecule has 0 spiro atoms. The molecule has 0 aliphatic heterocycles. The highest BCUT2D eigenvalue weighted by atomic mass is 79.9. The van der Waals surface area contributed by atoms with E-state index < -0.39 is 11.8 Å². The zero-order valence-corrected chi connectivity index (χ0v) is 14.5. The minimum atomic E-state index is -0.814. The molecule has 2 rings (SSSR count). The quantitative estimate of drug-likeness (QED) is 0.720. The van der Waals surface area contributed by atoms with Gasteiger partial charge in [0.25, 0.3) is 0 Å². The lowest BCUT2D eigenvalue weighted by molar-refractivity contribution is -0.133. The SMILES string of the molecule is Cc1ccc(NC(=O)C(=O)Nc2cc(Cl)cc(Cl)c2)c(Br)c1. The third kappa shape index (κ3) is 4.47. The molecule has 0 bridgehead atoms. The van der Waals surface area contributed by atoms with Gasteiger partial charge in [-0.15, -0.1) is 0 Å². The Labute approximate surface area is 145 Å². The lowest BCUT2D eigenvalue weighted by Gasteiger charge is -2.09. The molecular formula is C15H11BrCl2N2O2. The Morgan fingerprint density at radius 1 is 0.955 bits per heavy atom. The summed E-state index contributed by atoms with van der Waals surface area (Å²) in [5, 5.41) is 5.69. The van der Waals surface area contributed by atoms with Crippen LogP contribution in [0.4, 0.5) is 11.4 Å². The Morgan fingerprint density at radius 2 is 1.55 bits per heavy atom. The summed E-state index contributed by atoms with van der Waals surface area (Å²) in [4.78, 5) is 23.8. The minimum absolute atomic E-state index is 0.348. The van der Waals surface area contributed by atoms with Crippen molar-refractivity contribution in [2.45, 2.75) is 6.92 Å². The molecule has 2 aromatic carbocycles. The molecule has 2 aromatic rings. The largest absolute Gasteiger partial charge is 0.318 e. The number of hydrogen-bond donors (Lipinski definition) is 2. The molecule has 0 heterocycles. The number of nitrogens with one attached hydrogen (secondary N) is 2. The first-order valence-corrected chi connectivity index (χ1v) is 7.74. The number of aryl methyl sites for hydroxylation is 1. The van der Waals surface area contributed by atoms with Crippen LogP contribution in [0.1, 0.15) is 5.56 Å². The summed E-state index contributed by atoms with van der Waals surface area (Å²) in [5.74, 6) is -1.61. The van der Waals surface area contributed by atoms with Crippen LogP contribution in [0.2, 0.25) is 10.0 Å². The highest BCUT2D eigenvalue weighted by Gasteiger charge is 2.15. The molecule has 0 unspecified atom stereocenters. The van der Waals surface area contributed by atoms with Crippen molar-refractivity contribution in [3.63, 3.8) is 0 Å². The summed E-state index contributed by atoms with van der Waals surface area (Å²) >= 11 is 15.0. The van der Waals surface area contributed by atoms with Crippen LogP contribution in [0.15, 0.2) is 40.9 Å². The number of amides is 2. The van der Waals surface area contributed by atoms with E-state index in [1.54, 1.807) is 6.07 Å². The van der Waals surface area contributed by atoms with Crippen molar-refractivity contribution in [3.8, 4) is 0 Å². The first-order chi connectivity index (χ1) is 10.3. The highest BCUT2D eigenvalue weighted by molar-refractivity contribution is 9.10. The summed E-state index contributed by atoms with van der Waals surface area (Å²) in [7, 11) is 0. The summed E-state index contributed by atoms with van der Waals surface area (Å²) < 4.78 is 0.694. The second-order valence-corrected chi connectivity index (χ2v) is 6.28. The van der Waals surface area contributed by atoms with Crippen molar-refractivity contribution in [1.82, 2.24) is 0 Å². The molecule has 114 valence electrons. The normalized spacial score (nSPS) is 10.2. The number of anilines is 2. The van der Waals surface area contributed by atoms with Gasteiger partial charge in [0.2, 0.25) is 0 Å². The third-order valence-corrected chi connectivity index (χ3v) is 3.79. The van der Waals surface area contributed by atoms with E-state index in [1.807, 2.05) is 19.1 Å².